The zero-order chi connectivity index (χ0) is 21.5. The molecule has 1 aliphatic rings. The van der Waals surface area contributed by atoms with Gasteiger partial charge in [-0.05, 0) is 38.1 Å². The van der Waals surface area contributed by atoms with E-state index in [1.807, 2.05) is 6.92 Å². The van der Waals surface area contributed by atoms with Crippen LogP contribution in [-0.4, -0.2) is 65.3 Å². The van der Waals surface area contributed by atoms with Crippen LogP contribution in [0, 0.1) is 10.1 Å². The minimum Gasteiger partial charge on any atom is -0.494 e. The van der Waals surface area contributed by atoms with Crippen LogP contribution in [0.3, 0.4) is 0 Å². The van der Waals surface area contributed by atoms with Gasteiger partial charge in [0.15, 0.2) is 0 Å². The van der Waals surface area contributed by atoms with Gasteiger partial charge >= 0.3 is 11.8 Å². The van der Waals surface area contributed by atoms with Crippen molar-refractivity contribution in [2.75, 3.05) is 49.6 Å². The number of piperazine rings is 1. The largest absolute Gasteiger partial charge is 0.494 e. The molecule has 1 aromatic heterocycles. The second-order valence-electron chi connectivity index (χ2n) is 6.41. The van der Waals surface area contributed by atoms with E-state index in [4.69, 9.17) is 9.47 Å². The number of ether oxygens (including phenoxy) is 2. The van der Waals surface area contributed by atoms with Crippen molar-refractivity contribution in [3.63, 3.8) is 0 Å². The van der Waals surface area contributed by atoms with Crippen LogP contribution in [0.25, 0.3) is 0 Å². The molecule has 0 atom stereocenters. The van der Waals surface area contributed by atoms with E-state index in [-0.39, 0.29) is 23.4 Å². The lowest BCUT2D eigenvalue weighted by Crippen LogP contribution is -2.49. The molecule has 1 aliphatic heterocycles. The Bertz CT molecular complexity index is 883. The summed E-state index contributed by atoms with van der Waals surface area (Å²) in [5.74, 6) is 1.02. The number of hydrogen-bond acceptors (Lipinski definition) is 9. The van der Waals surface area contributed by atoms with E-state index in [2.05, 4.69) is 15.3 Å². The monoisotopic (exact) mass is 416 g/mol. The molecule has 2 heterocycles. The number of aromatic nitrogens is 2. The first-order chi connectivity index (χ1) is 14.5. The predicted molar refractivity (Wildman–Crippen MR) is 110 cm³/mol. The van der Waals surface area contributed by atoms with Crippen molar-refractivity contribution in [1.29, 1.82) is 0 Å². The number of benzene rings is 1. The van der Waals surface area contributed by atoms with E-state index in [1.165, 1.54) is 6.33 Å². The average Bonchev–Trinajstić information content (AvgIpc) is 2.75. The Labute approximate surface area is 173 Å². The standard InChI is InChI=1S/C19H24N6O5/c1-3-29-15-7-5-14(6-8-15)22-17-16(25(27)28)18(21-13-20-17)23-9-11-24(12-10-23)19(26)30-4-2/h5-8,13H,3-4,9-12H2,1-2H3,(H,20,21,22). The van der Waals surface area contributed by atoms with Crippen molar-refractivity contribution < 1.29 is 19.2 Å². The van der Waals surface area contributed by atoms with Gasteiger partial charge < -0.3 is 24.6 Å². The molecule has 1 saturated heterocycles. The molecule has 0 bridgehead atoms. The molecule has 11 heteroatoms. The Morgan fingerprint density at radius 2 is 1.83 bits per heavy atom. The van der Waals surface area contributed by atoms with Gasteiger partial charge in [0.05, 0.1) is 18.1 Å². The fourth-order valence-corrected chi connectivity index (χ4v) is 3.11. The number of nitrogens with zero attached hydrogens (tertiary/aromatic N) is 5. The van der Waals surface area contributed by atoms with E-state index >= 15 is 0 Å². The molecule has 1 fully saturated rings. The zero-order valence-electron chi connectivity index (χ0n) is 16.9. The van der Waals surface area contributed by atoms with Gasteiger partial charge in [-0.1, -0.05) is 0 Å². The highest BCUT2D eigenvalue weighted by Gasteiger charge is 2.30. The number of carbonyl (C=O) groups is 1. The molecule has 0 aliphatic carbocycles. The summed E-state index contributed by atoms with van der Waals surface area (Å²) >= 11 is 0. The highest BCUT2D eigenvalue weighted by molar-refractivity contribution is 5.75. The van der Waals surface area contributed by atoms with Crippen molar-refractivity contribution in [3.05, 3.63) is 40.7 Å². The zero-order valence-corrected chi connectivity index (χ0v) is 16.9. The van der Waals surface area contributed by atoms with Crippen LogP contribution in [0.1, 0.15) is 13.8 Å². The first-order valence-electron chi connectivity index (χ1n) is 9.69. The Kier molecular flexibility index (Phi) is 6.83. The second-order valence-corrected chi connectivity index (χ2v) is 6.41. The van der Waals surface area contributed by atoms with Crippen molar-refractivity contribution in [2.45, 2.75) is 13.8 Å². The molecule has 160 valence electrons. The van der Waals surface area contributed by atoms with Crippen LogP contribution in [0.15, 0.2) is 30.6 Å². The number of hydrogen-bond donors (Lipinski definition) is 1. The van der Waals surface area contributed by atoms with Gasteiger partial charge in [-0.3, -0.25) is 10.1 Å². The van der Waals surface area contributed by atoms with Crippen LogP contribution in [0.2, 0.25) is 0 Å². The number of nitrogens with one attached hydrogen (secondary N) is 1. The molecule has 1 amide bonds. The molecule has 2 aromatic rings. The minimum atomic E-state index is -0.496. The van der Waals surface area contributed by atoms with Crippen LogP contribution in [-0.2, 0) is 4.74 Å². The summed E-state index contributed by atoms with van der Waals surface area (Å²) in [5, 5.41) is 14.8. The first kappa shape index (κ1) is 21.1. The van der Waals surface area contributed by atoms with Gasteiger partial charge in [-0.2, -0.15) is 0 Å². The van der Waals surface area contributed by atoms with Gasteiger partial charge in [0.1, 0.15) is 12.1 Å². The number of amides is 1. The smallest absolute Gasteiger partial charge is 0.409 e. The molecule has 1 aromatic carbocycles. The third-order valence-electron chi connectivity index (χ3n) is 4.52. The number of anilines is 3. The van der Waals surface area contributed by atoms with E-state index in [0.717, 1.165) is 0 Å². The molecule has 0 saturated carbocycles. The highest BCUT2D eigenvalue weighted by Crippen LogP contribution is 2.34. The van der Waals surface area contributed by atoms with Crippen LogP contribution in [0.4, 0.5) is 27.8 Å². The van der Waals surface area contributed by atoms with Crippen molar-refractivity contribution >= 4 is 29.1 Å². The summed E-state index contributed by atoms with van der Waals surface area (Å²) < 4.78 is 10.4. The summed E-state index contributed by atoms with van der Waals surface area (Å²) in [6.45, 7) is 6.08. The van der Waals surface area contributed by atoms with Crippen LogP contribution in [0.5, 0.6) is 5.75 Å². The Morgan fingerprint density at radius 3 is 2.43 bits per heavy atom. The minimum absolute atomic E-state index is 0.0991. The lowest BCUT2D eigenvalue weighted by molar-refractivity contribution is -0.383. The number of carbonyl (C=O) groups excluding carboxylic acids is 1. The van der Waals surface area contributed by atoms with E-state index in [0.29, 0.717) is 50.8 Å². The Morgan fingerprint density at radius 1 is 1.13 bits per heavy atom. The van der Waals surface area contributed by atoms with E-state index < -0.39 is 4.92 Å². The SMILES string of the molecule is CCOC(=O)N1CCN(c2ncnc(Nc3ccc(OCC)cc3)c2[N+](=O)[O-])CC1. The van der Waals surface area contributed by atoms with Crippen molar-refractivity contribution in [2.24, 2.45) is 0 Å². The molecule has 1 N–H and O–H groups in total. The Balaban J connectivity index is 1.78. The third kappa shape index (κ3) is 4.85. The molecule has 0 spiro atoms. The first-order valence-corrected chi connectivity index (χ1v) is 9.69. The van der Waals surface area contributed by atoms with Crippen LogP contribution < -0.4 is 15.0 Å². The summed E-state index contributed by atoms with van der Waals surface area (Å²) in [6.07, 6.45) is 0.906. The van der Waals surface area contributed by atoms with Gasteiger partial charge in [0.25, 0.3) is 0 Å². The molecular formula is C19H24N6O5. The summed E-state index contributed by atoms with van der Waals surface area (Å²) in [6, 6.07) is 7.06. The number of rotatable bonds is 7. The van der Waals surface area contributed by atoms with Gasteiger partial charge in [0, 0.05) is 31.9 Å². The van der Waals surface area contributed by atoms with E-state index in [1.54, 1.807) is 41.0 Å². The topological polar surface area (TPSA) is 123 Å². The maximum Gasteiger partial charge on any atom is 0.409 e. The quantitative estimate of drug-likeness (QED) is 0.536. The molecule has 0 unspecified atom stereocenters. The summed E-state index contributed by atoms with van der Waals surface area (Å²) in [5.41, 5.74) is 0.425. The summed E-state index contributed by atoms with van der Waals surface area (Å²) in [4.78, 5) is 34.8. The molecule has 11 nitrogen and oxygen atoms in total. The fourth-order valence-electron chi connectivity index (χ4n) is 3.11. The average molecular weight is 416 g/mol. The fraction of sp³-hybridized carbons (Fsp3) is 0.421. The van der Waals surface area contributed by atoms with Crippen molar-refractivity contribution in [3.8, 4) is 5.75 Å². The predicted octanol–water partition coefficient (Wildman–Crippen LogP) is 2.81. The lowest BCUT2D eigenvalue weighted by atomic mass is 10.2. The maximum atomic E-state index is 11.9. The normalized spacial score (nSPS) is 13.7. The maximum absolute atomic E-state index is 11.9. The summed E-state index contributed by atoms with van der Waals surface area (Å²) in [7, 11) is 0. The van der Waals surface area contributed by atoms with E-state index in [9.17, 15) is 14.9 Å². The third-order valence-corrected chi connectivity index (χ3v) is 4.52. The lowest BCUT2D eigenvalue weighted by Gasteiger charge is -2.34. The Hall–Kier alpha value is -3.63. The molecule has 0 radical (unpaired) electrons. The molecule has 30 heavy (non-hydrogen) atoms. The van der Waals surface area contributed by atoms with Crippen LogP contribution >= 0.6 is 0 Å². The molecule has 3 rings (SSSR count). The van der Waals surface area contributed by atoms with Gasteiger partial charge in [0.2, 0.25) is 11.6 Å². The molecular weight excluding hydrogens is 392 g/mol. The van der Waals surface area contributed by atoms with Crippen molar-refractivity contribution in [1.82, 2.24) is 14.9 Å². The number of nitro groups is 1. The highest BCUT2D eigenvalue weighted by atomic mass is 16.6. The van der Waals surface area contributed by atoms with Gasteiger partial charge in [-0.15, -0.1) is 0 Å². The second kappa shape index (κ2) is 9.72. The van der Waals surface area contributed by atoms with Gasteiger partial charge in [-0.25, -0.2) is 14.8 Å².